The Kier molecular flexibility index (Phi) is 10.4. The molecule has 0 fully saturated rings. The maximum atomic E-state index is 10.7. The number of aromatic nitrogens is 2. The number of anilines is 2. The Bertz CT molecular complexity index is 2290. The molecule has 0 atom stereocenters. The second-order valence-corrected chi connectivity index (χ2v) is 14.8. The molecule has 10 rings (SSSR count). The van der Waals surface area contributed by atoms with Crippen molar-refractivity contribution in [3.05, 3.63) is 70.8 Å². The zero-order valence-electron chi connectivity index (χ0n) is 30.5. The number of benzene rings is 4. The van der Waals surface area contributed by atoms with Crippen LogP contribution in [-0.4, -0.2) is 59.7 Å². The van der Waals surface area contributed by atoms with Gasteiger partial charge in [0.1, 0.15) is 39.7 Å². The molecule has 4 aliphatic heterocycles. The third-order valence-corrected chi connectivity index (χ3v) is 11.3. The van der Waals surface area contributed by atoms with E-state index >= 15 is 0 Å². The van der Waals surface area contributed by atoms with Crippen molar-refractivity contribution < 1.29 is 40.3 Å². The molecule has 0 radical (unpaired) electrons. The fourth-order valence-electron chi connectivity index (χ4n) is 8.12. The number of phenols is 2. The van der Waals surface area contributed by atoms with Crippen molar-refractivity contribution in [1.29, 1.82) is 0 Å². The van der Waals surface area contributed by atoms with Gasteiger partial charge in [-0.05, 0) is 111 Å². The van der Waals surface area contributed by atoms with E-state index in [0.717, 1.165) is 99.1 Å². The van der Waals surface area contributed by atoms with Crippen LogP contribution in [0.1, 0.15) is 47.9 Å². The van der Waals surface area contributed by atoms with E-state index in [2.05, 4.69) is 40.2 Å². The van der Waals surface area contributed by atoms with Crippen molar-refractivity contribution in [3.8, 4) is 17.2 Å². The number of ether oxygens (including phenoxy) is 1. The number of hydrogen-bond acceptors (Lipinski definition) is 14. The van der Waals surface area contributed by atoms with Gasteiger partial charge in [-0.2, -0.15) is 9.97 Å². The maximum absolute atomic E-state index is 10.7. The largest absolute Gasteiger partial charge is 0.505 e. The number of azo groups is 2. The molecule has 55 heavy (non-hydrogen) atoms. The summed E-state index contributed by atoms with van der Waals surface area (Å²) in [7, 11) is 1.60. The number of oxazole rings is 2. The number of rotatable bonds is 6. The van der Waals surface area contributed by atoms with Crippen molar-refractivity contribution >= 4 is 68.7 Å². The zero-order valence-corrected chi connectivity index (χ0v) is 32.3. The van der Waals surface area contributed by atoms with Gasteiger partial charge in [-0.15, -0.1) is 22.0 Å². The van der Waals surface area contributed by atoms with Gasteiger partial charge < -0.3 is 33.6 Å². The van der Waals surface area contributed by atoms with Crippen LogP contribution < -0.4 is 14.5 Å². The Morgan fingerprint density at radius 2 is 1.15 bits per heavy atom. The molecule has 6 aromatic rings. The van der Waals surface area contributed by atoms with Crippen molar-refractivity contribution in [2.45, 2.75) is 56.3 Å². The number of fused-ring (bicyclic) bond motifs is 2. The predicted octanol–water partition coefficient (Wildman–Crippen LogP) is 10.0. The van der Waals surface area contributed by atoms with Gasteiger partial charge in [-0.3, -0.25) is 0 Å². The molecule has 2 aromatic heterocycles. The molecule has 4 aliphatic rings. The standard InChI is InChI=1S/C20H20N4O3.C20H20N4O2S.Ni/c1-26-13-6-7-15-17(11-13)27-20(21-15)23-22-16-10-12-4-2-8-24-9-3-5-14(18(12)24)19(16)25;1-27-13-6-7-15-17(11-13)26-20(21-15)23-22-16-10-12-4-2-8-24-9-3-5-14(18(12)24)19(16)25;/h2*6-7,10-11,25H,2-5,8-9H2,1H3;. The molecule has 0 bridgehead atoms. The zero-order chi connectivity index (χ0) is 36.8. The predicted molar refractivity (Wildman–Crippen MR) is 209 cm³/mol. The topological polar surface area (TPSA) is 158 Å². The van der Waals surface area contributed by atoms with Crippen LogP contribution in [0.2, 0.25) is 0 Å². The molecule has 0 spiro atoms. The van der Waals surface area contributed by atoms with Crippen LogP contribution in [0.15, 0.2) is 82.7 Å². The molecule has 6 heterocycles. The second kappa shape index (κ2) is 15.5. The van der Waals surface area contributed by atoms with Crippen molar-refractivity contribution in [2.24, 2.45) is 20.5 Å². The third kappa shape index (κ3) is 7.11. The SMILES string of the molecule is COc1ccc2nc(N=Nc3cc4c5c(c3O)CCCN5CCC4)oc2c1.CSc1ccc2nc(N=Nc3cc4c5c(c3O)CCCN5CCC4)oc2c1.[Ni]. The normalized spacial score (nSPS) is 15.9. The minimum absolute atomic E-state index is 0. The van der Waals surface area contributed by atoms with E-state index in [9.17, 15) is 10.2 Å². The number of hydrogen-bond donors (Lipinski definition) is 2. The Balaban J connectivity index is 0.000000153. The number of methoxy groups -OCH3 is 1. The van der Waals surface area contributed by atoms with E-state index in [0.29, 0.717) is 33.8 Å². The number of aryl methyl sites for hydroxylation is 2. The monoisotopic (exact) mass is 802 g/mol. The molecule has 286 valence electrons. The van der Waals surface area contributed by atoms with E-state index < -0.39 is 0 Å². The van der Waals surface area contributed by atoms with Gasteiger partial charge in [0.2, 0.25) is 0 Å². The smallest absolute Gasteiger partial charge is 0.341 e. The number of aromatic hydroxyl groups is 2. The quantitative estimate of drug-likeness (QED) is 0.0943. The molecule has 0 saturated carbocycles. The van der Waals surface area contributed by atoms with Gasteiger partial charge in [0.15, 0.2) is 11.2 Å². The Hall–Kier alpha value is -5.14. The summed E-state index contributed by atoms with van der Waals surface area (Å²) in [6, 6.07) is 15.5. The summed E-state index contributed by atoms with van der Waals surface area (Å²) in [5.41, 5.74) is 10.6. The van der Waals surface area contributed by atoms with Crippen LogP contribution in [0.25, 0.3) is 22.2 Å². The number of phenolic OH excluding ortho intramolecular Hbond substituents is 2. The van der Waals surface area contributed by atoms with E-state index in [1.807, 2.05) is 48.7 Å². The summed E-state index contributed by atoms with van der Waals surface area (Å²) in [6.45, 7) is 4.27. The molecule has 15 heteroatoms. The number of thioether (sulfide) groups is 1. The fraction of sp³-hybridized carbons (Fsp3) is 0.350. The van der Waals surface area contributed by atoms with Gasteiger partial charge in [0.25, 0.3) is 0 Å². The van der Waals surface area contributed by atoms with Crippen molar-refractivity contribution in [2.75, 3.05) is 49.3 Å². The summed E-state index contributed by atoms with van der Waals surface area (Å²) in [4.78, 5) is 14.6. The van der Waals surface area contributed by atoms with Gasteiger partial charge in [-0.1, -0.05) is 10.2 Å². The second-order valence-electron chi connectivity index (χ2n) is 13.9. The van der Waals surface area contributed by atoms with Crippen LogP contribution in [-0.2, 0) is 42.2 Å². The molecule has 0 amide bonds. The van der Waals surface area contributed by atoms with Crippen molar-refractivity contribution in [1.82, 2.24) is 9.97 Å². The van der Waals surface area contributed by atoms with Gasteiger partial charge in [0, 0.05) is 76.1 Å². The van der Waals surface area contributed by atoms with Crippen LogP contribution in [0.3, 0.4) is 0 Å². The first-order valence-corrected chi connectivity index (χ1v) is 19.7. The average molecular weight is 804 g/mol. The Labute approximate surface area is 331 Å². The minimum Gasteiger partial charge on any atom is -0.505 e. The fourth-order valence-corrected chi connectivity index (χ4v) is 8.55. The van der Waals surface area contributed by atoms with Crippen molar-refractivity contribution in [3.63, 3.8) is 0 Å². The first kappa shape index (κ1) is 36.8. The summed E-state index contributed by atoms with van der Waals surface area (Å²) in [5, 5.41) is 38.3. The summed E-state index contributed by atoms with van der Waals surface area (Å²) in [6.07, 6.45) is 10.2. The van der Waals surface area contributed by atoms with Gasteiger partial charge in [-0.25, -0.2) is 0 Å². The average Bonchev–Trinajstić information content (AvgIpc) is 3.82. The molecule has 4 aromatic carbocycles. The molecule has 2 N–H and O–H groups in total. The van der Waals surface area contributed by atoms with Crippen LogP contribution >= 0.6 is 11.8 Å². The molecule has 13 nitrogen and oxygen atoms in total. The molecular formula is C40H40N8NiO5S. The van der Waals surface area contributed by atoms with E-state index in [-0.39, 0.29) is 40.0 Å². The Morgan fingerprint density at radius 1 is 0.655 bits per heavy atom. The van der Waals surface area contributed by atoms with Gasteiger partial charge in [0.05, 0.1) is 7.11 Å². The molecule has 0 aliphatic carbocycles. The Morgan fingerprint density at radius 3 is 1.65 bits per heavy atom. The van der Waals surface area contributed by atoms with E-state index in [1.165, 1.54) is 22.5 Å². The van der Waals surface area contributed by atoms with Crippen LogP contribution in [0, 0.1) is 0 Å². The first-order chi connectivity index (χ1) is 26.4. The molecule has 0 unspecified atom stereocenters. The minimum atomic E-state index is 0. The number of nitrogens with zero attached hydrogens (tertiary/aromatic N) is 8. The summed E-state index contributed by atoms with van der Waals surface area (Å²) < 4.78 is 16.5. The van der Waals surface area contributed by atoms with Crippen LogP contribution in [0.5, 0.6) is 17.2 Å². The molecular weight excluding hydrogens is 763 g/mol. The maximum Gasteiger partial charge on any atom is 0.341 e. The molecule has 0 saturated heterocycles. The van der Waals surface area contributed by atoms with Crippen LogP contribution in [0.4, 0.5) is 34.8 Å². The summed E-state index contributed by atoms with van der Waals surface area (Å²) >= 11 is 1.65. The summed E-state index contributed by atoms with van der Waals surface area (Å²) in [5.74, 6) is 1.16. The van der Waals surface area contributed by atoms with E-state index in [1.54, 1.807) is 24.9 Å². The van der Waals surface area contributed by atoms with E-state index in [4.69, 9.17) is 13.6 Å². The van der Waals surface area contributed by atoms with Gasteiger partial charge >= 0.3 is 12.0 Å². The third-order valence-electron chi connectivity index (χ3n) is 10.6. The first-order valence-electron chi connectivity index (χ1n) is 18.4.